The van der Waals surface area contributed by atoms with Crippen molar-refractivity contribution in [3.63, 3.8) is 0 Å². The lowest BCUT2D eigenvalue weighted by molar-refractivity contribution is 0.496. The SMILES string of the molecule is Cc1ncccc1-c1nc(N2CCC(N)CC2)n[nH]1. The molecule has 100 valence electrons. The van der Waals surface area contributed by atoms with E-state index in [1.165, 1.54) is 0 Å². The number of rotatable bonds is 2. The van der Waals surface area contributed by atoms with Crippen LogP contribution in [0.5, 0.6) is 0 Å². The van der Waals surface area contributed by atoms with Gasteiger partial charge in [0.1, 0.15) is 0 Å². The second kappa shape index (κ2) is 4.97. The molecule has 0 amide bonds. The van der Waals surface area contributed by atoms with Crippen LogP contribution in [0.25, 0.3) is 11.4 Å². The lowest BCUT2D eigenvalue weighted by Gasteiger charge is -2.28. The maximum Gasteiger partial charge on any atom is 0.245 e. The van der Waals surface area contributed by atoms with Crippen LogP contribution in [-0.2, 0) is 0 Å². The molecule has 0 atom stereocenters. The number of nitrogens with zero attached hydrogens (tertiary/aromatic N) is 4. The first kappa shape index (κ1) is 12.1. The van der Waals surface area contributed by atoms with Gasteiger partial charge in [0.2, 0.25) is 5.95 Å². The molecular weight excluding hydrogens is 240 g/mol. The van der Waals surface area contributed by atoms with Crippen LogP contribution in [0.4, 0.5) is 5.95 Å². The molecule has 0 spiro atoms. The Hall–Kier alpha value is -1.95. The van der Waals surface area contributed by atoms with Crippen LogP contribution in [0.3, 0.4) is 0 Å². The summed E-state index contributed by atoms with van der Waals surface area (Å²) in [6, 6.07) is 4.22. The molecule has 2 aromatic heterocycles. The van der Waals surface area contributed by atoms with Crippen molar-refractivity contribution in [3.05, 3.63) is 24.0 Å². The molecule has 6 heteroatoms. The van der Waals surface area contributed by atoms with Gasteiger partial charge in [-0.25, -0.2) is 0 Å². The first-order valence-electron chi connectivity index (χ1n) is 6.59. The van der Waals surface area contributed by atoms with Crippen LogP contribution in [0.2, 0.25) is 0 Å². The quantitative estimate of drug-likeness (QED) is 0.842. The standard InChI is InChI=1S/C13H18N6/c1-9-11(3-2-6-15-9)12-16-13(18-17-12)19-7-4-10(14)5-8-19/h2-3,6,10H,4-5,7-8,14H2,1H3,(H,16,17,18). The minimum absolute atomic E-state index is 0.315. The van der Waals surface area contributed by atoms with Crippen molar-refractivity contribution in [2.75, 3.05) is 18.0 Å². The summed E-state index contributed by atoms with van der Waals surface area (Å²) in [5, 5.41) is 7.30. The first-order chi connectivity index (χ1) is 9.24. The zero-order valence-corrected chi connectivity index (χ0v) is 11.0. The highest BCUT2D eigenvalue weighted by Gasteiger charge is 2.20. The van der Waals surface area contributed by atoms with Gasteiger partial charge in [-0.1, -0.05) is 0 Å². The summed E-state index contributed by atoms with van der Waals surface area (Å²) in [5.41, 5.74) is 7.85. The largest absolute Gasteiger partial charge is 0.339 e. The number of aryl methyl sites for hydroxylation is 1. The van der Waals surface area contributed by atoms with Gasteiger partial charge in [-0.2, -0.15) is 4.98 Å². The number of hydrogen-bond acceptors (Lipinski definition) is 5. The van der Waals surface area contributed by atoms with E-state index in [9.17, 15) is 0 Å². The smallest absolute Gasteiger partial charge is 0.245 e. The molecule has 6 nitrogen and oxygen atoms in total. The molecule has 3 heterocycles. The number of aromatic amines is 1. The molecule has 3 N–H and O–H groups in total. The van der Waals surface area contributed by atoms with Crippen molar-refractivity contribution in [2.45, 2.75) is 25.8 Å². The minimum Gasteiger partial charge on any atom is -0.339 e. The summed E-state index contributed by atoms with van der Waals surface area (Å²) < 4.78 is 0. The Morgan fingerprint density at radius 1 is 1.37 bits per heavy atom. The van der Waals surface area contributed by atoms with Crippen molar-refractivity contribution in [1.29, 1.82) is 0 Å². The second-order valence-electron chi connectivity index (χ2n) is 4.94. The number of pyridine rings is 1. The fraction of sp³-hybridized carbons (Fsp3) is 0.462. The van der Waals surface area contributed by atoms with Gasteiger partial charge in [0.15, 0.2) is 5.82 Å². The fourth-order valence-corrected chi connectivity index (χ4v) is 2.35. The summed E-state index contributed by atoms with van der Waals surface area (Å²) in [5.74, 6) is 1.53. The topological polar surface area (TPSA) is 83.7 Å². The number of hydrogen-bond donors (Lipinski definition) is 2. The fourth-order valence-electron chi connectivity index (χ4n) is 2.35. The Balaban J connectivity index is 1.82. The molecule has 1 saturated heterocycles. The third-order valence-electron chi connectivity index (χ3n) is 3.56. The molecule has 0 saturated carbocycles. The van der Waals surface area contributed by atoms with E-state index in [0.29, 0.717) is 6.04 Å². The first-order valence-corrected chi connectivity index (χ1v) is 6.59. The number of anilines is 1. The van der Waals surface area contributed by atoms with E-state index in [1.807, 2.05) is 19.1 Å². The number of nitrogens with one attached hydrogen (secondary N) is 1. The number of aromatic nitrogens is 4. The average molecular weight is 258 g/mol. The van der Waals surface area contributed by atoms with Gasteiger partial charge in [-0.15, -0.1) is 5.10 Å². The Morgan fingerprint density at radius 2 is 2.16 bits per heavy atom. The zero-order chi connectivity index (χ0) is 13.2. The molecule has 3 rings (SSSR count). The summed E-state index contributed by atoms with van der Waals surface area (Å²) >= 11 is 0. The molecular formula is C13H18N6. The maximum atomic E-state index is 5.91. The lowest BCUT2D eigenvalue weighted by atomic mass is 10.1. The molecule has 19 heavy (non-hydrogen) atoms. The summed E-state index contributed by atoms with van der Waals surface area (Å²) in [6.07, 6.45) is 3.77. The third kappa shape index (κ3) is 2.44. The molecule has 0 bridgehead atoms. The molecule has 0 unspecified atom stereocenters. The maximum absolute atomic E-state index is 5.91. The molecule has 2 aromatic rings. The Labute approximate surface area is 112 Å². The van der Waals surface area contributed by atoms with Gasteiger partial charge >= 0.3 is 0 Å². The summed E-state index contributed by atoms with van der Waals surface area (Å²) in [6.45, 7) is 3.81. The number of H-pyrrole nitrogens is 1. The number of nitrogens with two attached hydrogens (primary N) is 1. The minimum atomic E-state index is 0.315. The van der Waals surface area contributed by atoms with Crippen LogP contribution < -0.4 is 10.6 Å². The molecule has 1 fully saturated rings. The third-order valence-corrected chi connectivity index (χ3v) is 3.56. The Morgan fingerprint density at radius 3 is 2.89 bits per heavy atom. The zero-order valence-electron chi connectivity index (χ0n) is 11.0. The van der Waals surface area contributed by atoms with Crippen molar-refractivity contribution in [3.8, 4) is 11.4 Å². The molecule has 0 aromatic carbocycles. The van der Waals surface area contributed by atoms with E-state index in [1.54, 1.807) is 6.20 Å². The molecule has 0 radical (unpaired) electrons. The highest BCUT2D eigenvalue weighted by atomic mass is 15.4. The normalized spacial score (nSPS) is 16.8. The average Bonchev–Trinajstić information content (AvgIpc) is 2.89. The van der Waals surface area contributed by atoms with Crippen molar-refractivity contribution in [1.82, 2.24) is 20.2 Å². The van der Waals surface area contributed by atoms with Crippen molar-refractivity contribution in [2.24, 2.45) is 5.73 Å². The van der Waals surface area contributed by atoms with Crippen LogP contribution in [0, 0.1) is 6.92 Å². The van der Waals surface area contributed by atoms with Gasteiger partial charge in [-0.05, 0) is 31.9 Å². The van der Waals surface area contributed by atoms with Crippen molar-refractivity contribution < 1.29 is 0 Å². The van der Waals surface area contributed by atoms with Gasteiger partial charge in [0, 0.05) is 36.6 Å². The van der Waals surface area contributed by atoms with E-state index in [0.717, 1.165) is 49.0 Å². The highest BCUT2D eigenvalue weighted by molar-refractivity contribution is 5.58. The molecule has 1 aliphatic rings. The van der Waals surface area contributed by atoms with E-state index < -0.39 is 0 Å². The van der Waals surface area contributed by atoms with Crippen LogP contribution in [0.15, 0.2) is 18.3 Å². The van der Waals surface area contributed by atoms with Gasteiger partial charge in [0.25, 0.3) is 0 Å². The predicted molar refractivity (Wildman–Crippen MR) is 73.8 cm³/mol. The number of piperidine rings is 1. The monoisotopic (exact) mass is 258 g/mol. The van der Waals surface area contributed by atoms with E-state index in [4.69, 9.17) is 5.73 Å². The van der Waals surface area contributed by atoms with Gasteiger partial charge < -0.3 is 10.6 Å². The highest BCUT2D eigenvalue weighted by Crippen LogP contribution is 2.21. The summed E-state index contributed by atoms with van der Waals surface area (Å²) in [4.78, 5) is 11.0. The predicted octanol–water partition coefficient (Wildman–Crippen LogP) is 1.10. The summed E-state index contributed by atoms with van der Waals surface area (Å²) in [7, 11) is 0. The van der Waals surface area contributed by atoms with Crippen LogP contribution in [0.1, 0.15) is 18.5 Å². The molecule has 1 aliphatic heterocycles. The second-order valence-corrected chi connectivity index (χ2v) is 4.94. The Kier molecular flexibility index (Phi) is 3.16. The van der Waals surface area contributed by atoms with Crippen molar-refractivity contribution >= 4 is 5.95 Å². The Bertz CT molecular complexity index is 556. The van der Waals surface area contributed by atoms with E-state index in [-0.39, 0.29) is 0 Å². The lowest BCUT2D eigenvalue weighted by Crippen LogP contribution is -2.40. The van der Waals surface area contributed by atoms with Gasteiger partial charge in [-0.3, -0.25) is 10.1 Å². The van der Waals surface area contributed by atoms with Crippen LogP contribution in [-0.4, -0.2) is 39.3 Å². The molecule has 0 aliphatic carbocycles. The van der Waals surface area contributed by atoms with Crippen LogP contribution >= 0.6 is 0 Å². The van der Waals surface area contributed by atoms with Gasteiger partial charge in [0.05, 0.1) is 0 Å². The van der Waals surface area contributed by atoms with E-state index >= 15 is 0 Å². The van der Waals surface area contributed by atoms with E-state index in [2.05, 4.69) is 25.1 Å².